The highest BCUT2D eigenvalue weighted by Gasteiger charge is 2.63. The molecule has 13 atom stereocenters. The summed E-state index contributed by atoms with van der Waals surface area (Å²) in [6.07, 6.45) is 10.7. The molecule has 3 saturated carbocycles. The molecule has 0 bridgehead atoms. The number of carbonyl (C=O) groups excluding carboxylic acids is 3. The van der Waals surface area contributed by atoms with Crippen LogP contribution in [0.15, 0.2) is 11.6 Å². The Hall–Kier alpha value is -2.09. The van der Waals surface area contributed by atoms with Crippen LogP contribution >= 0.6 is 0 Å². The number of ether oxygens (including phenoxy) is 6. The predicted octanol–water partition coefficient (Wildman–Crippen LogP) is 6.30. The summed E-state index contributed by atoms with van der Waals surface area (Å²) in [6.45, 7) is 9.33. The van der Waals surface area contributed by atoms with Crippen molar-refractivity contribution in [2.45, 2.75) is 180 Å². The molecule has 12 nitrogen and oxygen atoms in total. The van der Waals surface area contributed by atoms with Crippen molar-refractivity contribution in [2.75, 3.05) is 26.4 Å². The summed E-state index contributed by atoms with van der Waals surface area (Å²) in [7, 11) is 0. The van der Waals surface area contributed by atoms with Crippen LogP contribution in [0.5, 0.6) is 0 Å². The minimum absolute atomic E-state index is 0.0295. The van der Waals surface area contributed by atoms with Crippen molar-refractivity contribution >= 4 is 17.9 Å². The number of aliphatic hydroxyl groups is 3. The highest BCUT2D eigenvalue weighted by molar-refractivity contribution is 5.71. The molecule has 2 aliphatic heterocycles. The van der Waals surface area contributed by atoms with Crippen molar-refractivity contribution in [3.63, 3.8) is 0 Å². The molecule has 13 unspecified atom stereocenters. The van der Waals surface area contributed by atoms with E-state index in [0.29, 0.717) is 30.1 Å². The second-order valence-electron chi connectivity index (χ2n) is 18.4. The van der Waals surface area contributed by atoms with Crippen LogP contribution in [0.25, 0.3) is 0 Å². The van der Waals surface area contributed by atoms with Gasteiger partial charge in [0.25, 0.3) is 0 Å². The zero-order valence-corrected chi connectivity index (χ0v) is 34.4. The van der Waals surface area contributed by atoms with E-state index in [2.05, 4.69) is 33.8 Å². The number of aliphatic hydroxyl groups excluding tert-OH is 3. The average Bonchev–Trinajstić information content (AvgIpc) is 3.54. The number of allylic oxidation sites excluding steroid dienone is 1. The van der Waals surface area contributed by atoms with E-state index in [0.717, 1.165) is 30.6 Å². The molecule has 0 aromatic carbocycles. The molecule has 0 aromatic heterocycles. The minimum atomic E-state index is -1.43. The van der Waals surface area contributed by atoms with Gasteiger partial charge in [-0.2, -0.15) is 0 Å². The average molecular weight is 791 g/mol. The Morgan fingerprint density at radius 2 is 1.48 bits per heavy atom. The van der Waals surface area contributed by atoms with Crippen molar-refractivity contribution in [2.24, 2.45) is 40.4 Å². The fourth-order valence-corrected chi connectivity index (χ4v) is 12.0. The summed E-state index contributed by atoms with van der Waals surface area (Å²) in [5, 5.41) is 28.0. The van der Waals surface area contributed by atoms with Gasteiger partial charge in [0.05, 0.1) is 6.61 Å². The van der Waals surface area contributed by atoms with Crippen LogP contribution in [0.3, 0.4) is 0 Å². The normalized spacial score (nSPS) is 39.3. The molecule has 0 amide bonds. The SMILES string of the molecule is CCCCCC(C)C1CCC2C3CC=C4CC5(CCC4(C)C3CCC12C)OCC1OC(OC(=O)CCCO)C(OC(=O)CCCO)C(OC(=O)CCCO)C1O5. The van der Waals surface area contributed by atoms with Crippen LogP contribution in [0.4, 0.5) is 0 Å². The largest absolute Gasteiger partial charge is 0.455 e. The smallest absolute Gasteiger partial charge is 0.308 e. The van der Waals surface area contributed by atoms with Crippen molar-refractivity contribution < 1.29 is 58.1 Å². The molecule has 56 heavy (non-hydrogen) atoms. The topological polar surface area (TPSA) is 167 Å². The Balaban J connectivity index is 1.22. The number of hydrogen-bond donors (Lipinski definition) is 3. The number of fused-ring (bicyclic) bond motifs is 6. The fraction of sp³-hybridized carbons (Fsp3) is 0.886. The summed E-state index contributed by atoms with van der Waals surface area (Å²) in [5.74, 6) is 0.614. The molecule has 6 aliphatic rings. The van der Waals surface area contributed by atoms with Crippen LogP contribution in [-0.4, -0.2) is 96.1 Å². The molecular formula is C44H70O12. The van der Waals surface area contributed by atoms with Gasteiger partial charge in [-0.3, -0.25) is 14.4 Å². The third kappa shape index (κ3) is 9.05. The number of carbonyl (C=O) groups is 3. The van der Waals surface area contributed by atoms with E-state index in [-0.39, 0.29) is 70.4 Å². The zero-order valence-electron chi connectivity index (χ0n) is 34.4. The van der Waals surface area contributed by atoms with Crippen LogP contribution in [0.1, 0.15) is 143 Å². The second kappa shape index (κ2) is 18.9. The first-order valence-corrected chi connectivity index (χ1v) is 22.0. The van der Waals surface area contributed by atoms with Crippen molar-refractivity contribution in [1.82, 2.24) is 0 Å². The van der Waals surface area contributed by atoms with Gasteiger partial charge < -0.3 is 43.7 Å². The molecule has 3 N–H and O–H groups in total. The van der Waals surface area contributed by atoms with E-state index in [4.69, 9.17) is 28.4 Å². The number of unbranched alkanes of at least 4 members (excludes halogenated alkanes) is 2. The van der Waals surface area contributed by atoms with Crippen molar-refractivity contribution in [3.8, 4) is 0 Å². The lowest BCUT2D eigenvalue weighted by atomic mass is 9.46. The summed E-state index contributed by atoms with van der Waals surface area (Å²) in [6, 6.07) is 0. The van der Waals surface area contributed by atoms with Gasteiger partial charge in [0.15, 0.2) is 11.9 Å². The van der Waals surface area contributed by atoms with Gasteiger partial charge in [-0.1, -0.05) is 65.0 Å². The first-order valence-electron chi connectivity index (χ1n) is 22.0. The highest BCUT2D eigenvalue weighted by atomic mass is 16.8. The monoisotopic (exact) mass is 790 g/mol. The van der Waals surface area contributed by atoms with E-state index in [1.54, 1.807) is 0 Å². The van der Waals surface area contributed by atoms with E-state index in [1.165, 1.54) is 56.9 Å². The molecule has 6 rings (SSSR count). The maximum Gasteiger partial charge on any atom is 0.308 e. The maximum atomic E-state index is 13.2. The lowest BCUT2D eigenvalue weighted by molar-refractivity contribution is -0.392. The van der Waals surface area contributed by atoms with Gasteiger partial charge in [0.2, 0.25) is 12.4 Å². The molecule has 0 radical (unpaired) electrons. The zero-order chi connectivity index (χ0) is 40.1. The van der Waals surface area contributed by atoms with Crippen LogP contribution < -0.4 is 0 Å². The lowest BCUT2D eigenvalue weighted by Gasteiger charge is -2.61. The van der Waals surface area contributed by atoms with Crippen molar-refractivity contribution in [3.05, 3.63) is 11.6 Å². The van der Waals surface area contributed by atoms with E-state index in [1.807, 2.05) is 0 Å². The number of rotatable bonds is 17. The Labute approximate surface area is 333 Å². The fourth-order valence-electron chi connectivity index (χ4n) is 12.0. The van der Waals surface area contributed by atoms with Gasteiger partial charge in [-0.25, -0.2) is 0 Å². The summed E-state index contributed by atoms with van der Waals surface area (Å²) >= 11 is 0. The molecule has 0 aromatic rings. The Morgan fingerprint density at radius 3 is 2.14 bits per heavy atom. The van der Waals surface area contributed by atoms with E-state index in [9.17, 15) is 29.7 Å². The molecule has 1 spiro atoms. The number of esters is 3. The first kappa shape index (κ1) is 43.5. The highest BCUT2D eigenvalue weighted by Crippen LogP contribution is 2.68. The molecule has 2 heterocycles. The number of hydrogen-bond acceptors (Lipinski definition) is 12. The van der Waals surface area contributed by atoms with Gasteiger partial charge in [-0.15, -0.1) is 0 Å². The molecule has 12 heteroatoms. The van der Waals surface area contributed by atoms with Crippen LogP contribution in [0.2, 0.25) is 0 Å². The van der Waals surface area contributed by atoms with E-state index < -0.39 is 54.4 Å². The standard InChI is InChI=1S/C44H70O12/c1-5-6-7-11-28(2)31-17-18-32-30-16-15-29-26-44(22-21-42(29,3)33(30)19-20-43(31,32)4)51-27-34-38(56-44)39(53-35(48)12-8-23-45)40(54-36(49)13-9-24-46)41(52-34)55-37(50)14-10-25-47/h15,28,30-34,38-41,45-47H,5-14,16-27H2,1-4H3. The van der Waals surface area contributed by atoms with Gasteiger partial charge >= 0.3 is 17.9 Å². The third-order valence-electron chi connectivity index (χ3n) is 15.0. The Kier molecular flexibility index (Phi) is 14.7. The first-order chi connectivity index (χ1) is 26.9. The molecule has 5 fully saturated rings. The van der Waals surface area contributed by atoms with Gasteiger partial charge in [0, 0.05) is 51.9 Å². The molecular weight excluding hydrogens is 720 g/mol. The van der Waals surface area contributed by atoms with Gasteiger partial charge in [0.1, 0.15) is 12.2 Å². The quantitative estimate of drug-likeness (QED) is 0.0652. The summed E-state index contributed by atoms with van der Waals surface area (Å²) in [5.41, 5.74) is 1.80. The molecule has 318 valence electrons. The Morgan fingerprint density at radius 1 is 0.821 bits per heavy atom. The summed E-state index contributed by atoms with van der Waals surface area (Å²) in [4.78, 5) is 39.0. The lowest BCUT2D eigenvalue weighted by Crippen LogP contribution is -2.68. The van der Waals surface area contributed by atoms with Crippen LogP contribution in [-0.2, 0) is 42.8 Å². The third-order valence-corrected chi connectivity index (χ3v) is 15.0. The van der Waals surface area contributed by atoms with Crippen LogP contribution in [0, 0.1) is 40.4 Å². The molecule has 2 saturated heterocycles. The summed E-state index contributed by atoms with van der Waals surface area (Å²) < 4.78 is 37.3. The predicted molar refractivity (Wildman–Crippen MR) is 206 cm³/mol. The van der Waals surface area contributed by atoms with E-state index >= 15 is 0 Å². The Bertz CT molecular complexity index is 1390. The van der Waals surface area contributed by atoms with Gasteiger partial charge in [-0.05, 0) is 98.2 Å². The minimum Gasteiger partial charge on any atom is -0.455 e. The van der Waals surface area contributed by atoms with Crippen molar-refractivity contribution in [1.29, 1.82) is 0 Å². The maximum absolute atomic E-state index is 13.2. The second-order valence-corrected chi connectivity index (χ2v) is 18.4. The molecule has 4 aliphatic carbocycles.